The number of hydrogen-bond donors (Lipinski definition) is 0. The largest absolute Gasteiger partial charge is 0.489 e. The van der Waals surface area contributed by atoms with E-state index in [1.807, 2.05) is 17.1 Å². The van der Waals surface area contributed by atoms with Gasteiger partial charge >= 0.3 is 0 Å². The lowest BCUT2D eigenvalue weighted by Crippen LogP contribution is -1.97. The van der Waals surface area contributed by atoms with E-state index in [2.05, 4.69) is 44.1 Å². The van der Waals surface area contributed by atoms with Gasteiger partial charge in [-0.15, -0.1) is 0 Å². The first-order valence-corrected chi connectivity index (χ1v) is 5.90. The van der Waals surface area contributed by atoms with Gasteiger partial charge in [0, 0.05) is 18.3 Å². The van der Waals surface area contributed by atoms with E-state index in [0.717, 1.165) is 17.9 Å². The van der Waals surface area contributed by atoms with Crippen molar-refractivity contribution in [1.82, 2.24) is 9.78 Å². The van der Waals surface area contributed by atoms with Crippen LogP contribution in [0.3, 0.4) is 0 Å². The molecule has 3 nitrogen and oxygen atoms in total. The molecule has 0 saturated carbocycles. The Balaban J connectivity index is 2.04. The first kappa shape index (κ1) is 11.7. The summed E-state index contributed by atoms with van der Waals surface area (Å²) in [6, 6.07) is 6.25. The van der Waals surface area contributed by atoms with Crippen LogP contribution in [0.2, 0.25) is 0 Å². The van der Waals surface area contributed by atoms with Crippen molar-refractivity contribution < 1.29 is 4.74 Å². The van der Waals surface area contributed by atoms with Crippen LogP contribution in [0.4, 0.5) is 0 Å². The van der Waals surface area contributed by atoms with Crippen LogP contribution < -0.4 is 4.74 Å². The summed E-state index contributed by atoms with van der Waals surface area (Å²) in [6.45, 7) is 7.67. The molecule has 90 valence electrons. The number of nitrogens with zero attached hydrogens (tertiary/aromatic N) is 2. The Morgan fingerprint density at radius 3 is 2.82 bits per heavy atom. The third-order valence-electron chi connectivity index (χ3n) is 2.75. The summed E-state index contributed by atoms with van der Waals surface area (Å²) in [4.78, 5) is 0. The summed E-state index contributed by atoms with van der Waals surface area (Å²) in [6.07, 6.45) is 3.87. The normalized spacial score (nSPS) is 10.5. The molecule has 0 radical (unpaired) electrons. The van der Waals surface area contributed by atoms with Crippen LogP contribution in [0.5, 0.6) is 5.75 Å². The van der Waals surface area contributed by atoms with Gasteiger partial charge in [0.05, 0.1) is 6.20 Å². The third-order valence-corrected chi connectivity index (χ3v) is 2.75. The average molecular weight is 230 g/mol. The van der Waals surface area contributed by atoms with E-state index in [1.165, 1.54) is 11.1 Å². The Hall–Kier alpha value is -1.77. The van der Waals surface area contributed by atoms with Crippen molar-refractivity contribution in [2.75, 3.05) is 0 Å². The van der Waals surface area contributed by atoms with Crippen molar-refractivity contribution in [3.05, 3.63) is 47.3 Å². The van der Waals surface area contributed by atoms with Crippen molar-refractivity contribution >= 4 is 0 Å². The highest BCUT2D eigenvalue weighted by atomic mass is 16.5. The molecule has 0 aliphatic heterocycles. The summed E-state index contributed by atoms with van der Waals surface area (Å²) in [7, 11) is 0. The van der Waals surface area contributed by atoms with Crippen molar-refractivity contribution in [1.29, 1.82) is 0 Å². The van der Waals surface area contributed by atoms with Gasteiger partial charge in [0.15, 0.2) is 0 Å². The molecule has 0 N–H and O–H groups in total. The molecule has 0 fully saturated rings. The number of aryl methyl sites for hydroxylation is 3. The molecule has 17 heavy (non-hydrogen) atoms. The highest BCUT2D eigenvalue weighted by Crippen LogP contribution is 2.20. The molecule has 2 rings (SSSR count). The summed E-state index contributed by atoms with van der Waals surface area (Å²) in [5, 5.41) is 4.22. The topological polar surface area (TPSA) is 27.1 Å². The van der Waals surface area contributed by atoms with Gasteiger partial charge in [0.25, 0.3) is 0 Å². The molecule has 1 aromatic carbocycles. The van der Waals surface area contributed by atoms with Gasteiger partial charge in [-0.05, 0) is 38.0 Å². The minimum absolute atomic E-state index is 0.574. The molecular weight excluding hydrogens is 212 g/mol. The molecule has 0 bridgehead atoms. The highest BCUT2D eigenvalue weighted by Gasteiger charge is 2.02. The molecular formula is C14H18N2O. The Labute approximate surface area is 102 Å². The molecule has 1 aromatic heterocycles. The summed E-state index contributed by atoms with van der Waals surface area (Å²) < 4.78 is 7.71. The molecule has 0 aliphatic rings. The van der Waals surface area contributed by atoms with Crippen LogP contribution in [0, 0.1) is 13.8 Å². The molecule has 0 amide bonds. The SMILES string of the molecule is CCn1cc(COc2cc(C)ccc2C)cn1. The van der Waals surface area contributed by atoms with Crippen LogP contribution in [-0.2, 0) is 13.2 Å². The second-order valence-corrected chi connectivity index (χ2v) is 4.26. The van der Waals surface area contributed by atoms with E-state index in [4.69, 9.17) is 4.74 Å². The lowest BCUT2D eigenvalue weighted by atomic mass is 10.1. The zero-order valence-corrected chi connectivity index (χ0v) is 10.6. The van der Waals surface area contributed by atoms with E-state index < -0.39 is 0 Å². The van der Waals surface area contributed by atoms with Crippen molar-refractivity contribution in [3.63, 3.8) is 0 Å². The van der Waals surface area contributed by atoms with Gasteiger partial charge in [-0.2, -0.15) is 5.10 Å². The Morgan fingerprint density at radius 1 is 1.29 bits per heavy atom. The van der Waals surface area contributed by atoms with Gasteiger partial charge in [0.1, 0.15) is 12.4 Å². The van der Waals surface area contributed by atoms with Crippen LogP contribution in [0.15, 0.2) is 30.6 Å². The van der Waals surface area contributed by atoms with Crippen molar-refractivity contribution in [3.8, 4) is 5.75 Å². The fourth-order valence-electron chi connectivity index (χ4n) is 1.68. The van der Waals surface area contributed by atoms with Crippen LogP contribution in [0.1, 0.15) is 23.6 Å². The van der Waals surface area contributed by atoms with Crippen molar-refractivity contribution in [2.24, 2.45) is 0 Å². The van der Waals surface area contributed by atoms with Gasteiger partial charge in [-0.25, -0.2) is 0 Å². The number of aromatic nitrogens is 2. The number of rotatable bonds is 4. The smallest absolute Gasteiger partial charge is 0.122 e. The number of hydrogen-bond acceptors (Lipinski definition) is 2. The average Bonchev–Trinajstić information content (AvgIpc) is 2.78. The van der Waals surface area contributed by atoms with Crippen LogP contribution in [-0.4, -0.2) is 9.78 Å². The van der Waals surface area contributed by atoms with Crippen LogP contribution >= 0.6 is 0 Å². The van der Waals surface area contributed by atoms with Gasteiger partial charge in [-0.1, -0.05) is 12.1 Å². The van der Waals surface area contributed by atoms with E-state index in [-0.39, 0.29) is 0 Å². The van der Waals surface area contributed by atoms with E-state index in [0.29, 0.717) is 6.61 Å². The molecule has 0 atom stereocenters. The number of benzene rings is 1. The molecule has 1 heterocycles. The molecule has 0 saturated heterocycles. The second kappa shape index (κ2) is 5.04. The van der Waals surface area contributed by atoms with Crippen molar-refractivity contribution in [2.45, 2.75) is 33.9 Å². The minimum atomic E-state index is 0.574. The standard InChI is InChI=1S/C14H18N2O/c1-4-16-9-13(8-15-16)10-17-14-7-11(2)5-6-12(14)3/h5-9H,4,10H2,1-3H3. The first-order valence-electron chi connectivity index (χ1n) is 5.90. The minimum Gasteiger partial charge on any atom is -0.489 e. The molecule has 2 aromatic rings. The van der Waals surface area contributed by atoms with Gasteiger partial charge in [0.2, 0.25) is 0 Å². The fraction of sp³-hybridized carbons (Fsp3) is 0.357. The van der Waals surface area contributed by atoms with E-state index >= 15 is 0 Å². The summed E-state index contributed by atoms with van der Waals surface area (Å²) in [5.41, 5.74) is 3.49. The third kappa shape index (κ3) is 2.87. The maximum Gasteiger partial charge on any atom is 0.122 e. The lowest BCUT2D eigenvalue weighted by Gasteiger charge is -2.08. The predicted molar refractivity (Wildman–Crippen MR) is 68.1 cm³/mol. The molecule has 0 aliphatic carbocycles. The lowest BCUT2D eigenvalue weighted by molar-refractivity contribution is 0.304. The Morgan fingerprint density at radius 2 is 2.12 bits per heavy atom. The predicted octanol–water partition coefficient (Wildman–Crippen LogP) is 3.10. The van der Waals surface area contributed by atoms with E-state index in [1.54, 1.807) is 0 Å². The Kier molecular flexibility index (Phi) is 3.47. The molecule has 0 spiro atoms. The zero-order valence-electron chi connectivity index (χ0n) is 10.6. The van der Waals surface area contributed by atoms with Gasteiger partial charge < -0.3 is 4.74 Å². The molecule has 3 heteroatoms. The van der Waals surface area contributed by atoms with Crippen LogP contribution in [0.25, 0.3) is 0 Å². The zero-order chi connectivity index (χ0) is 12.3. The van der Waals surface area contributed by atoms with E-state index in [9.17, 15) is 0 Å². The Bertz CT molecular complexity index is 503. The highest BCUT2D eigenvalue weighted by molar-refractivity contribution is 5.36. The fourth-order valence-corrected chi connectivity index (χ4v) is 1.68. The first-order chi connectivity index (χ1) is 8.19. The summed E-state index contributed by atoms with van der Waals surface area (Å²) in [5.74, 6) is 0.953. The molecule has 0 unspecified atom stereocenters. The second-order valence-electron chi connectivity index (χ2n) is 4.26. The maximum atomic E-state index is 5.81. The monoisotopic (exact) mass is 230 g/mol. The van der Waals surface area contributed by atoms with Gasteiger partial charge in [-0.3, -0.25) is 4.68 Å². The quantitative estimate of drug-likeness (QED) is 0.807. The maximum absolute atomic E-state index is 5.81. The number of ether oxygens (including phenoxy) is 1. The summed E-state index contributed by atoms with van der Waals surface area (Å²) >= 11 is 0.